The maximum Gasteiger partial charge on any atom is 0.120 e. The van der Waals surface area contributed by atoms with Gasteiger partial charge < -0.3 is 10.1 Å². The lowest BCUT2D eigenvalue weighted by atomic mass is 10.1. The fraction of sp³-hybridized carbons (Fsp3) is 0.238. The zero-order chi connectivity index (χ0) is 18.2. The van der Waals surface area contributed by atoms with Crippen LogP contribution in [0, 0.1) is 11.3 Å². The van der Waals surface area contributed by atoms with Gasteiger partial charge in [-0.25, -0.2) is 0 Å². The van der Waals surface area contributed by atoms with Crippen molar-refractivity contribution in [3.63, 3.8) is 0 Å². The van der Waals surface area contributed by atoms with Crippen molar-refractivity contribution in [2.75, 3.05) is 0 Å². The highest BCUT2D eigenvalue weighted by Crippen LogP contribution is 2.16. The van der Waals surface area contributed by atoms with Crippen LogP contribution in [0.3, 0.4) is 0 Å². The van der Waals surface area contributed by atoms with Crippen LogP contribution in [0.4, 0.5) is 0 Å². The van der Waals surface area contributed by atoms with Crippen molar-refractivity contribution >= 4 is 0 Å². The van der Waals surface area contributed by atoms with E-state index in [0.29, 0.717) is 18.2 Å². The molecule has 0 aliphatic rings. The van der Waals surface area contributed by atoms with Gasteiger partial charge in [0.25, 0.3) is 0 Å². The molecule has 1 atom stereocenters. The Bertz CT molecular complexity index is 868. The van der Waals surface area contributed by atoms with E-state index in [0.717, 1.165) is 24.4 Å². The Kier molecular flexibility index (Phi) is 6.02. The van der Waals surface area contributed by atoms with Gasteiger partial charge in [0.15, 0.2) is 0 Å². The molecule has 5 heteroatoms. The van der Waals surface area contributed by atoms with Crippen molar-refractivity contribution in [3.05, 3.63) is 83.7 Å². The molecule has 0 bridgehead atoms. The third-order valence-corrected chi connectivity index (χ3v) is 4.03. The van der Waals surface area contributed by atoms with Crippen LogP contribution < -0.4 is 10.1 Å². The lowest BCUT2D eigenvalue weighted by Crippen LogP contribution is -2.30. The Morgan fingerprint density at radius 1 is 1.15 bits per heavy atom. The first-order valence-corrected chi connectivity index (χ1v) is 8.64. The van der Waals surface area contributed by atoms with Crippen LogP contribution in [0.25, 0.3) is 0 Å². The maximum atomic E-state index is 8.97. The predicted octanol–water partition coefficient (Wildman–Crippen LogP) is 3.51. The van der Waals surface area contributed by atoms with Gasteiger partial charge in [-0.3, -0.25) is 4.68 Å². The second-order valence-electron chi connectivity index (χ2n) is 6.26. The van der Waals surface area contributed by atoms with E-state index in [-0.39, 0.29) is 0 Å². The van der Waals surface area contributed by atoms with Gasteiger partial charge in [0.2, 0.25) is 0 Å². The summed E-state index contributed by atoms with van der Waals surface area (Å²) < 4.78 is 7.80. The molecule has 0 aliphatic heterocycles. The van der Waals surface area contributed by atoms with Crippen molar-refractivity contribution in [1.29, 1.82) is 5.26 Å². The van der Waals surface area contributed by atoms with E-state index in [4.69, 9.17) is 10.00 Å². The molecule has 0 saturated heterocycles. The summed E-state index contributed by atoms with van der Waals surface area (Å²) in [5.74, 6) is 0.825. The summed E-state index contributed by atoms with van der Waals surface area (Å²) in [6, 6.07) is 19.9. The zero-order valence-corrected chi connectivity index (χ0v) is 14.8. The fourth-order valence-corrected chi connectivity index (χ4v) is 2.69. The Hall–Kier alpha value is -3.10. The van der Waals surface area contributed by atoms with Crippen molar-refractivity contribution < 1.29 is 4.74 Å². The van der Waals surface area contributed by atoms with Gasteiger partial charge in [-0.05, 0) is 48.4 Å². The Morgan fingerprint density at radius 2 is 2.00 bits per heavy atom. The molecule has 0 amide bonds. The largest absolute Gasteiger partial charge is 0.489 e. The molecule has 0 fully saturated rings. The fourth-order valence-electron chi connectivity index (χ4n) is 2.69. The molecule has 1 heterocycles. The average Bonchev–Trinajstić information content (AvgIpc) is 3.18. The summed E-state index contributed by atoms with van der Waals surface area (Å²) in [6.07, 6.45) is 3.76. The molecule has 0 radical (unpaired) electrons. The minimum Gasteiger partial charge on any atom is -0.489 e. The molecular formula is C21H22N4O. The van der Waals surface area contributed by atoms with Crippen LogP contribution in [0.5, 0.6) is 5.75 Å². The van der Waals surface area contributed by atoms with Gasteiger partial charge in [-0.15, -0.1) is 0 Å². The van der Waals surface area contributed by atoms with E-state index < -0.39 is 0 Å². The lowest BCUT2D eigenvalue weighted by molar-refractivity contribution is 0.305. The second kappa shape index (κ2) is 8.84. The molecule has 1 unspecified atom stereocenters. The Balaban J connectivity index is 1.52. The van der Waals surface area contributed by atoms with E-state index in [1.165, 1.54) is 5.56 Å². The first-order chi connectivity index (χ1) is 12.7. The molecule has 0 aliphatic carbocycles. The minimum atomic E-state index is 0.313. The molecule has 132 valence electrons. The second-order valence-corrected chi connectivity index (χ2v) is 6.26. The van der Waals surface area contributed by atoms with Gasteiger partial charge in [-0.2, -0.15) is 10.4 Å². The molecule has 3 rings (SSSR count). The smallest absolute Gasteiger partial charge is 0.120 e. The van der Waals surface area contributed by atoms with Crippen molar-refractivity contribution in [2.24, 2.45) is 0 Å². The number of hydrogen-bond donors (Lipinski definition) is 1. The first-order valence-electron chi connectivity index (χ1n) is 8.64. The number of benzene rings is 2. The summed E-state index contributed by atoms with van der Waals surface area (Å²) >= 11 is 0. The van der Waals surface area contributed by atoms with Crippen LogP contribution in [0.1, 0.15) is 23.6 Å². The van der Waals surface area contributed by atoms with Crippen LogP contribution >= 0.6 is 0 Å². The van der Waals surface area contributed by atoms with Crippen LogP contribution in [-0.4, -0.2) is 15.8 Å². The molecule has 5 nitrogen and oxygen atoms in total. The van der Waals surface area contributed by atoms with Crippen LogP contribution in [0.2, 0.25) is 0 Å². The number of ether oxygens (including phenoxy) is 1. The predicted molar refractivity (Wildman–Crippen MR) is 100 cm³/mol. The van der Waals surface area contributed by atoms with E-state index in [2.05, 4.69) is 29.5 Å². The van der Waals surface area contributed by atoms with Crippen LogP contribution in [-0.2, 0) is 19.7 Å². The van der Waals surface area contributed by atoms with Crippen molar-refractivity contribution in [2.45, 2.75) is 32.7 Å². The van der Waals surface area contributed by atoms with Crippen molar-refractivity contribution in [3.8, 4) is 11.8 Å². The SMILES string of the molecule is CC(Cn1cccn1)NCc1cccc(OCc2cccc(C#N)c2)c1. The summed E-state index contributed by atoms with van der Waals surface area (Å²) in [5, 5.41) is 16.7. The number of hydrogen-bond acceptors (Lipinski definition) is 4. The normalized spacial score (nSPS) is 11.7. The minimum absolute atomic E-state index is 0.313. The molecule has 26 heavy (non-hydrogen) atoms. The highest BCUT2D eigenvalue weighted by Gasteiger charge is 2.04. The molecule has 2 aromatic carbocycles. The quantitative estimate of drug-likeness (QED) is 0.678. The van der Waals surface area contributed by atoms with Gasteiger partial charge in [0.05, 0.1) is 18.2 Å². The average molecular weight is 346 g/mol. The van der Waals surface area contributed by atoms with Gasteiger partial charge in [0, 0.05) is 25.0 Å². The van der Waals surface area contributed by atoms with E-state index in [1.807, 2.05) is 53.3 Å². The molecular weight excluding hydrogens is 324 g/mol. The number of rotatable bonds is 8. The lowest BCUT2D eigenvalue weighted by Gasteiger charge is -2.14. The van der Waals surface area contributed by atoms with Gasteiger partial charge >= 0.3 is 0 Å². The molecule has 1 aromatic heterocycles. The Morgan fingerprint density at radius 3 is 2.81 bits per heavy atom. The number of nitrogens with zero attached hydrogens (tertiary/aromatic N) is 3. The molecule has 0 saturated carbocycles. The summed E-state index contributed by atoms with van der Waals surface area (Å²) in [5.41, 5.74) is 2.80. The molecule has 3 aromatic rings. The summed E-state index contributed by atoms with van der Waals surface area (Å²) in [7, 11) is 0. The Labute approximate surface area is 153 Å². The maximum absolute atomic E-state index is 8.97. The van der Waals surface area contributed by atoms with Gasteiger partial charge in [0.1, 0.15) is 12.4 Å². The van der Waals surface area contributed by atoms with Crippen molar-refractivity contribution in [1.82, 2.24) is 15.1 Å². The van der Waals surface area contributed by atoms with E-state index in [9.17, 15) is 0 Å². The van der Waals surface area contributed by atoms with Gasteiger partial charge in [-0.1, -0.05) is 24.3 Å². The highest BCUT2D eigenvalue weighted by atomic mass is 16.5. The standard InChI is InChI=1S/C21H22N4O/c1-17(15-25-10-4-9-24-25)23-14-19-6-3-8-21(12-19)26-16-20-7-2-5-18(11-20)13-22/h2-12,17,23H,14-16H2,1H3. The third kappa shape index (κ3) is 5.20. The highest BCUT2D eigenvalue weighted by molar-refractivity contribution is 5.33. The van der Waals surface area contributed by atoms with E-state index in [1.54, 1.807) is 12.3 Å². The van der Waals surface area contributed by atoms with Crippen LogP contribution in [0.15, 0.2) is 67.0 Å². The molecule has 1 N–H and O–H groups in total. The monoisotopic (exact) mass is 346 g/mol. The zero-order valence-electron chi connectivity index (χ0n) is 14.8. The topological polar surface area (TPSA) is 62.9 Å². The molecule has 0 spiro atoms. The summed E-state index contributed by atoms with van der Waals surface area (Å²) in [4.78, 5) is 0. The number of nitrogens with one attached hydrogen (secondary N) is 1. The number of nitriles is 1. The van der Waals surface area contributed by atoms with E-state index >= 15 is 0 Å². The first kappa shape index (κ1) is 17.7. The number of aromatic nitrogens is 2. The summed E-state index contributed by atoms with van der Waals surface area (Å²) in [6.45, 7) is 4.19. The third-order valence-electron chi connectivity index (χ3n) is 4.03.